The Morgan fingerprint density at radius 2 is 1.92 bits per heavy atom. The minimum Gasteiger partial charge on any atom is -0.306 e. The van der Waals surface area contributed by atoms with Crippen LogP contribution in [0.4, 0.5) is 5.13 Å². The van der Waals surface area contributed by atoms with E-state index in [1.165, 1.54) is 11.3 Å². The first-order valence-electron chi connectivity index (χ1n) is 8.36. The second-order valence-electron chi connectivity index (χ2n) is 6.84. The van der Waals surface area contributed by atoms with Crippen molar-refractivity contribution in [3.63, 3.8) is 0 Å². The van der Waals surface area contributed by atoms with Crippen molar-refractivity contribution in [3.05, 3.63) is 36.7 Å². The number of thiazole rings is 1. The minimum absolute atomic E-state index is 0.108. The van der Waals surface area contributed by atoms with Gasteiger partial charge in [-0.1, -0.05) is 11.3 Å². The van der Waals surface area contributed by atoms with E-state index in [-0.39, 0.29) is 11.8 Å². The molecule has 1 saturated heterocycles. The molecular formula is C18H17N5OS. The average molecular weight is 351 g/mol. The zero-order valence-electron chi connectivity index (χ0n) is 13.7. The fourth-order valence-electron chi connectivity index (χ4n) is 3.87. The molecule has 1 aliphatic carbocycles. The Kier molecular flexibility index (Phi) is 3.33. The molecule has 7 heteroatoms. The van der Waals surface area contributed by atoms with Gasteiger partial charge >= 0.3 is 0 Å². The zero-order valence-corrected chi connectivity index (χ0v) is 14.5. The summed E-state index contributed by atoms with van der Waals surface area (Å²) < 4.78 is 0. The maximum atomic E-state index is 12.5. The third-order valence-corrected chi connectivity index (χ3v) is 6.02. The Bertz CT molecular complexity index is 945. The number of pyridine rings is 2. The fourth-order valence-corrected chi connectivity index (χ4v) is 4.71. The van der Waals surface area contributed by atoms with Crippen LogP contribution in [0.15, 0.2) is 36.7 Å². The monoisotopic (exact) mass is 351 g/mol. The first kappa shape index (κ1) is 14.9. The van der Waals surface area contributed by atoms with Crippen molar-refractivity contribution in [2.45, 2.75) is 0 Å². The van der Waals surface area contributed by atoms with Crippen molar-refractivity contribution in [2.24, 2.45) is 17.8 Å². The number of likely N-dealkylation sites (tertiary alicyclic amines) is 1. The number of amides is 1. The molecule has 0 bridgehead atoms. The van der Waals surface area contributed by atoms with Crippen molar-refractivity contribution in [1.82, 2.24) is 19.9 Å². The molecule has 1 amide bonds. The van der Waals surface area contributed by atoms with Crippen LogP contribution in [0, 0.1) is 17.8 Å². The molecule has 25 heavy (non-hydrogen) atoms. The fraction of sp³-hybridized carbons (Fsp3) is 0.333. The maximum Gasteiger partial charge on any atom is 0.229 e. The summed E-state index contributed by atoms with van der Waals surface area (Å²) in [5.74, 6) is 1.31. The summed E-state index contributed by atoms with van der Waals surface area (Å²) in [7, 11) is 2.11. The van der Waals surface area contributed by atoms with Crippen LogP contribution in [0.3, 0.4) is 0 Å². The van der Waals surface area contributed by atoms with E-state index in [9.17, 15) is 4.79 Å². The summed E-state index contributed by atoms with van der Waals surface area (Å²) >= 11 is 1.43. The van der Waals surface area contributed by atoms with Gasteiger partial charge in [0.25, 0.3) is 0 Å². The van der Waals surface area contributed by atoms with Gasteiger partial charge in [0.05, 0.1) is 5.69 Å². The number of aromatic nitrogens is 3. The number of hydrogen-bond donors (Lipinski definition) is 1. The van der Waals surface area contributed by atoms with E-state index in [0.29, 0.717) is 17.0 Å². The van der Waals surface area contributed by atoms with E-state index in [0.717, 1.165) is 34.7 Å². The van der Waals surface area contributed by atoms with Gasteiger partial charge in [0.1, 0.15) is 10.3 Å². The molecule has 2 aliphatic rings. The number of piperidine rings is 1. The smallest absolute Gasteiger partial charge is 0.229 e. The van der Waals surface area contributed by atoms with Gasteiger partial charge in [-0.25, -0.2) is 9.97 Å². The number of anilines is 1. The van der Waals surface area contributed by atoms with Gasteiger partial charge in [-0.15, -0.1) is 0 Å². The molecule has 6 nitrogen and oxygen atoms in total. The molecule has 4 heterocycles. The summed E-state index contributed by atoms with van der Waals surface area (Å²) in [6.45, 7) is 2.05. The first-order chi connectivity index (χ1) is 12.2. The lowest BCUT2D eigenvalue weighted by molar-refractivity contribution is -0.118. The standard InChI is InChI=1S/C18H17N5OS/c1-23-8-11-12(9-23)15(11)16(24)22-18-21-14-3-2-13(20-17(14)25-18)10-4-6-19-7-5-10/h2-7,11-12,15H,8-9H2,1H3,(H,21,22,24)/t11-,12+,15?. The predicted molar refractivity (Wildman–Crippen MR) is 97.2 cm³/mol. The van der Waals surface area contributed by atoms with Crippen LogP contribution < -0.4 is 5.32 Å². The van der Waals surface area contributed by atoms with E-state index in [1.54, 1.807) is 12.4 Å². The van der Waals surface area contributed by atoms with E-state index in [1.807, 2.05) is 24.3 Å². The molecule has 5 rings (SSSR count). The van der Waals surface area contributed by atoms with Crippen molar-refractivity contribution in [3.8, 4) is 11.3 Å². The maximum absolute atomic E-state index is 12.5. The number of hydrogen-bond acceptors (Lipinski definition) is 6. The minimum atomic E-state index is 0.108. The van der Waals surface area contributed by atoms with Crippen LogP contribution in [-0.4, -0.2) is 45.9 Å². The van der Waals surface area contributed by atoms with E-state index >= 15 is 0 Å². The van der Waals surface area contributed by atoms with Crippen LogP contribution >= 0.6 is 11.3 Å². The molecule has 0 radical (unpaired) electrons. The third-order valence-electron chi connectivity index (χ3n) is 5.14. The van der Waals surface area contributed by atoms with E-state index in [4.69, 9.17) is 0 Å². The molecule has 3 atom stereocenters. The Morgan fingerprint density at radius 1 is 1.16 bits per heavy atom. The van der Waals surface area contributed by atoms with Crippen molar-refractivity contribution in [2.75, 3.05) is 25.5 Å². The second kappa shape index (κ2) is 5.57. The number of nitrogens with one attached hydrogen (secondary N) is 1. The summed E-state index contributed by atoms with van der Waals surface area (Å²) in [6.07, 6.45) is 3.51. The highest BCUT2D eigenvalue weighted by molar-refractivity contribution is 7.22. The average Bonchev–Trinajstić information content (AvgIpc) is 2.95. The molecule has 1 unspecified atom stereocenters. The topological polar surface area (TPSA) is 71.0 Å². The first-order valence-corrected chi connectivity index (χ1v) is 9.18. The molecule has 3 aromatic rings. The quantitative estimate of drug-likeness (QED) is 0.785. The summed E-state index contributed by atoms with van der Waals surface area (Å²) in [5, 5.41) is 3.63. The molecular weight excluding hydrogens is 334 g/mol. The number of fused-ring (bicyclic) bond motifs is 2. The molecule has 126 valence electrons. The van der Waals surface area contributed by atoms with Crippen LogP contribution in [-0.2, 0) is 4.79 Å². The lowest BCUT2D eigenvalue weighted by Gasteiger charge is -2.12. The molecule has 0 spiro atoms. The number of carbonyl (C=O) groups excluding carboxylic acids is 1. The molecule has 0 aromatic carbocycles. The Hall–Kier alpha value is -2.38. The lowest BCUT2D eigenvalue weighted by Crippen LogP contribution is -2.25. The molecule has 3 aromatic heterocycles. The summed E-state index contributed by atoms with van der Waals surface area (Å²) in [5.41, 5.74) is 2.72. The van der Waals surface area contributed by atoms with Crippen molar-refractivity contribution in [1.29, 1.82) is 0 Å². The molecule has 1 saturated carbocycles. The highest BCUT2D eigenvalue weighted by atomic mass is 32.1. The van der Waals surface area contributed by atoms with Gasteiger partial charge in [0.2, 0.25) is 5.91 Å². The largest absolute Gasteiger partial charge is 0.306 e. The number of rotatable bonds is 3. The highest BCUT2D eigenvalue weighted by Gasteiger charge is 2.58. The lowest BCUT2D eigenvalue weighted by atomic mass is 10.2. The van der Waals surface area contributed by atoms with Crippen molar-refractivity contribution < 1.29 is 4.79 Å². The van der Waals surface area contributed by atoms with Crippen LogP contribution in [0.25, 0.3) is 21.6 Å². The van der Waals surface area contributed by atoms with Crippen LogP contribution in [0.1, 0.15) is 0 Å². The Balaban J connectivity index is 1.36. The Morgan fingerprint density at radius 3 is 2.68 bits per heavy atom. The number of carbonyl (C=O) groups is 1. The third kappa shape index (κ3) is 2.60. The van der Waals surface area contributed by atoms with Gasteiger partial charge in [-0.3, -0.25) is 9.78 Å². The summed E-state index contributed by atoms with van der Waals surface area (Å²) in [6, 6.07) is 7.76. The van der Waals surface area contributed by atoms with Crippen LogP contribution in [0.2, 0.25) is 0 Å². The highest BCUT2D eigenvalue weighted by Crippen LogP contribution is 2.51. The second-order valence-corrected chi connectivity index (χ2v) is 7.82. The van der Waals surface area contributed by atoms with E-state index < -0.39 is 0 Å². The van der Waals surface area contributed by atoms with Gasteiger partial charge in [-0.2, -0.15) is 0 Å². The van der Waals surface area contributed by atoms with Gasteiger partial charge in [0, 0.05) is 37.0 Å². The summed E-state index contributed by atoms with van der Waals surface area (Å²) in [4.78, 5) is 28.8. The SMILES string of the molecule is CN1C[C@@H]2C(C(=O)Nc3nc4ccc(-c5ccncc5)nc4s3)[C@@H]2C1. The zero-order chi connectivity index (χ0) is 17.0. The molecule has 2 fully saturated rings. The normalized spacial score (nSPS) is 25.1. The van der Waals surface area contributed by atoms with Crippen LogP contribution in [0.5, 0.6) is 0 Å². The molecule has 1 aliphatic heterocycles. The van der Waals surface area contributed by atoms with Gasteiger partial charge in [0.15, 0.2) is 5.13 Å². The van der Waals surface area contributed by atoms with E-state index in [2.05, 4.69) is 32.2 Å². The predicted octanol–water partition coefficient (Wildman–Crippen LogP) is 2.50. The molecule has 1 N–H and O–H groups in total. The number of nitrogens with zero attached hydrogens (tertiary/aromatic N) is 4. The van der Waals surface area contributed by atoms with Crippen molar-refractivity contribution >= 4 is 32.7 Å². The van der Waals surface area contributed by atoms with Gasteiger partial charge < -0.3 is 10.2 Å². The van der Waals surface area contributed by atoms with Gasteiger partial charge in [-0.05, 0) is 43.1 Å². The Labute approximate surface area is 148 Å².